The summed E-state index contributed by atoms with van der Waals surface area (Å²) in [7, 11) is -0.475. The van der Waals surface area contributed by atoms with Crippen LogP contribution in [0.4, 0.5) is 0 Å². The monoisotopic (exact) mass is 302 g/mol. The summed E-state index contributed by atoms with van der Waals surface area (Å²) in [5.41, 5.74) is 1.26. The number of allylic oxidation sites excluding steroid dienone is 1. The highest BCUT2D eigenvalue weighted by Crippen LogP contribution is 2.43. The third-order valence-electron chi connectivity index (χ3n) is 3.56. The summed E-state index contributed by atoms with van der Waals surface area (Å²) in [6.07, 6.45) is 2.31. The van der Waals surface area contributed by atoms with Gasteiger partial charge in [0.15, 0.2) is 0 Å². The number of benzene rings is 3. The molecule has 0 fully saturated rings. The zero-order valence-electron chi connectivity index (χ0n) is 12.7. The van der Waals surface area contributed by atoms with Crippen LogP contribution in [0.5, 0.6) is 0 Å². The second-order valence-electron chi connectivity index (χ2n) is 5.20. The first-order valence-corrected chi connectivity index (χ1v) is 8.82. The second-order valence-corrected chi connectivity index (χ2v) is 7.61. The Morgan fingerprint density at radius 3 is 1.50 bits per heavy atom. The molecule has 0 radical (unpaired) electrons. The minimum Gasteiger partial charge on any atom is -0.0622 e. The molecular weight excluding hydrogens is 283 g/mol. The molecule has 22 heavy (non-hydrogen) atoms. The third kappa shape index (κ3) is 3.53. The minimum atomic E-state index is -0.475. The summed E-state index contributed by atoms with van der Waals surface area (Å²) in [6.45, 7) is 2.25. The van der Waals surface area contributed by atoms with E-state index < -0.39 is 7.92 Å². The zero-order chi connectivity index (χ0) is 15.2. The van der Waals surface area contributed by atoms with Gasteiger partial charge in [-0.15, -0.1) is 0 Å². The predicted molar refractivity (Wildman–Crippen MR) is 99.2 cm³/mol. The molecule has 0 atom stereocenters. The Balaban J connectivity index is 2.04. The van der Waals surface area contributed by atoms with Crippen LogP contribution in [-0.2, 0) is 0 Å². The fourth-order valence-electron chi connectivity index (χ4n) is 2.57. The number of rotatable bonds is 4. The molecule has 0 saturated heterocycles. The van der Waals surface area contributed by atoms with E-state index in [4.69, 9.17) is 0 Å². The maximum Gasteiger partial charge on any atom is -0.0154 e. The first-order chi connectivity index (χ1) is 10.8. The molecule has 3 aromatic rings. The smallest absolute Gasteiger partial charge is 0.0154 e. The van der Waals surface area contributed by atoms with Crippen molar-refractivity contribution in [3.63, 3.8) is 0 Å². The lowest BCUT2D eigenvalue weighted by molar-refractivity contribution is 1.62. The van der Waals surface area contributed by atoms with E-state index in [1.165, 1.54) is 21.5 Å². The summed E-state index contributed by atoms with van der Waals surface area (Å²) < 4.78 is 0. The maximum absolute atomic E-state index is 2.31. The molecule has 0 aliphatic carbocycles. The van der Waals surface area contributed by atoms with Gasteiger partial charge in [0.1, 0.15) is 0 Å². The SMILES string of the molecule is CC(=Cc1ccccc1)P(c1ccccc1)c1ccccc1. The van der Waals surface area contributed by atoms with Crippen molar-refractivity contribution in [1.82, 2.24) is 0 Å². The molecule has 108 valence electrons. The van der Waals surface area contributed by atoms with Crippen LogP contribution in [0.2, 0.25) is 0 Å². The highest BCUT2D eigenvalue weighted by molar-refractivity contribution is 7.76. The molecule has 3 rings (SSSR count). The summed E-state index contributed by atoms with van der Waals surface area (Å²) in [4.78, 5) is 0. The Bertz CT molecular complexity index is 691. The summed E-state index contributed by atoms with van der Waals surface area (Å²) in [6, 6.07) is 32.2. The first-order valence-electron chi connectivity index (χ1n) is 7.48. The second kappa shape index (κ2) is 7.20. The lowest BCUT2D eigenvalue weighted by Gasteiger charge is -2.19. The van der Waals surface area contributed by atoms with E-state index >= 15 is 0 Å². The molecule has 0 amide bonds. The van der Waals surface area contributed by atoms with Crippen molar-refractivity contribution in [3.05, 3.63) is 102 Å². The molecule has 0 aromatic heterocycles. The van der Waals surface area contributed by atoms with Crippen molar-refractivity contribution in [2.45, 2.75) is 6.92 Å². The van der Waals surface area contributed by atoms with Gasteiger partial charge in [-0.25, -0.2) is 0 Å². The topological polar surface area (TPSA) is 0 Å². The molecule has 1 heteroatoms. The van der Waals surface area contributed by atoms with Gasteiger partial charge in [0.2, 0.25) is 0 Å². The first kappa shape index (κ1) is 14.8. The number of hydrogen-bond acceptors (Lipinski definition) is 0. The van der Waals surface area contributed by atoms with Crippen LogP contribution in [0, 0.1) is 0 Å². The summed E-state index contributed by atoms with van der Waals surface area (Å²) in [5, 5.41) is 4.21. The maximum atomic E-state index is 2.31. The van der Waals surface area contributed by atoms with Crippen LogP contribution < -0.4 is 10.6 Å². The van der Waals surface area contributed by atoms with Gasteiger partial charge in [-0.1, -0.05) is 97.1 Å². The standard InChI is InChI=1S/C21H19P/c1-18(17-19-11-5-2-6-12-19)22(20-13-7-3-8-14-20)21-15-9-4-10-16-21/h2-17H,1H3. The Morgan fingerprint density at radius 1 is 0.636 bits per heavy atom. The van der Waals surface area contributed by atoms with E-state index in [1.54, 1.807) is 0 Å². The van der Waals surface area contributed by atoms with Gasteiger partial charge in [-0.2, -0.15) is 0 Å². The van der Waals surface area contributed by atoms with E-state index in [-0.39, 0.29) is 0 Å². The van der Waals surface area contributed by atoms with Gasteiger partial charge >= 0.3 is 0 Å². The molecule has 0 nitrogen and oxygen atoms in total. The van der Waals surface area contributed by atoms with Gasteiger partial charge in [-0.3, -0.25) is 0 Å². The van der Waals surface area contributed by atoms with Crippen LogP contribution >= 0.6 is 7.92 Å². The minimum absolute atomic E-state index is 0.475. The van der Waals surface area contributed by atoms with E-state index in [9.17, 15) is 0 Å². The van der Waals surface area contributed by atoms with Crippen molar-refractivity contribution >= 4 is 24.6 Å². The van der Waals surface area contributed by atoms with Gasteiger partial charge in [0, 0.05) is 0 Å². The summed E-state index contributed by atoms with van der Waals surface area (Å²) >= 11 is 0. The molecule has 0 aliphatic rings. The zero-order valence-corrected chi connectivity index (χ0v) is 13.6. The molecule has 0 heterocycles. The van der Waals surface area contributed by atoms with Crippen LogP contribution in [0.15, 0.2) is 96.3 Å². The van der Waals surface area contributed by atoms with Crippen LogP contribution in [-0.4, -0.2) is 0 Å². The van der Waals surface area contributed by atoms with Crippen molar-refractivity contribution in [2.75, 3.05) is 0 Å². The van der Waals surface area contributed by atoms with Gasteiger partial charge in [0.05, 0.1) is 0 Å². The van der Waals surface area contributed by atoms with E-state index in [0.29, 0.717) is 0 Å². The number of hydrogen-bond donors (Lipinski definition) is 0. The quantitative estimate of drug-likeness (QED) is 0.582. The predicted octanol–water partition coefficient (Wildman–Crippen LogP) is 5.18. The Kier molecular flexibility index (Phi) is 4.83. The van der Waals surface area contributed by atoms with Gasteiger partial charge in [0.25, 0.3) is 0 Å². The lowest BCUT2D eigenvalue weighted by Crippen LogP contribution is -2.11. The molecular formula is C21H19P. The lowest BCUT2D eigenvalue weighted by atomic mass is 10.2. The van der Waals surface area contributed by atoms with E-state index in [1.807, 2.05) is 0 Å². The van der Waals surface area contributed by atoms with E-state index in [2.05, 4.69) is 104 Å². The molecule has 3 aromatic carbocycles. The molecule has 0 N–H and O–H groups in total. The summed E-state index contributed by atoms with van der Waals surface area (Å²) in [5.74, 6) is 0. The average molecular weight is 302 g/mol. The Morgan fingerprint density at radius 2 is 1.05 bits per heavy atom. The van der Waals surface area contributed by atoms with Crippen LogP contribution in [0.3, 0.4) is 0 Å². The molecule has 0 spiro atoms. The van der Waals surface area contributed by atoms with Crippen molar-refractivity contribution in [2.24, 2.45) is 0 Å². The third-order valence-corrected chi connectivity index (χ3v) is 6.02. The van der Waals surface area contributed by atoms with Crippen LogP contribution in [0.25, 0.3) is 6.08 Å². The van der Waals surface area contributed by atoms with E-state index in [0.717, 1.165) is 0 Å². The van der Waals surface area contributed by atoms with Gasteiger partial charge < -0.3 is 0 Å². The highest BCUT2D eigenvalue weighted by atomic mass is 31.1. The average Bonchev–Trinajstić information content (AvgIpc) is 2.58. The van der Waals surface area contributed by atoms with Gasteiger partial charge in [-0.05, 0) is 36.3 Å². The molecule has 0 bridgehead atoms. The molecule has 0 aliphatic heterocycles. The fraction of sp³-hybridized carbons (Fsp3) is 0.0476. The highest BCUT2D eigenvalue weighted by Gasteiger charge is 2.15. The van der Waals surface area contributed by atoms with Crippen LogP contribution in [0.1, 0.15) is 12.5 Å². The Labute approximate surface area is 133 Å². The van der Waals surface area contributed by atoms with Crippen molar-refractivity contribution in [1.29, 1.82) is 0 Å². The van der Waals surface area contributed by atoms with Crippen molar-refractivity contribution in [3.8, 4) is 0 Å². The van der Waals surface area contributed by atoms with Crippen molar-refractivity contribution < 1.29 is 0 Å². The normalized spacial score (nSPS) is 11.6. The fourth-order valence-corrected chi connectivity index (χ4v) is 4.90. The molecule has 0 unspecified atom stereocenters. The molecule has 0 saturated carbocycles. The Hall–Kier alpha value is -2.17. The largest absolute Gasteiger partial charge is 0.0622 e.